The molecule has 9 heteroatoms. The Morgan fingerprint density at radius 2 is 1.97 bits per heavy atom. The monoisotopic (exact) mass is 497 g/mol. The number of halogens is 1. The fourth-order valence-electron chi connectivity index (χ4n) is 4.11. The highest BCUT2D eigenvalue weighted by molar-refractivity contribution is 7.22. The predicted molar refractivity (Wildman–Crippen MR) is 135 cm³/mol. The maximum absolute atomic E-state index is 13.3. The van der Waals surface area contributed by atoms with Crippen molar-refractivity contribution in [3.05, 3.63) is 70.2 Å². The van der Waals surface area contributed by atoms with Gasteiger partial charge in [-0.3, -0.25) is 14.3 Å². The molecule has 0 bridgehead atoms. The molecule has 176 valence electrons. The zero-order valence-electron chi connectivity index (χ0n) is 18.8. The summed E-state index contributed by atoms with van der Waals surface area (Å²) in [5.41, 5.74) is 2.13. The first-order chi connectivity index (χ1) is 16.4. The summed E-state index contributed by atoms with van der Waals surface area (Å²) >= 11 is 7.41. The third kappa shape index (κ3) is 4.42. The van der Waals surface area contributed by atoms with Crippen LogP contribution in [-0.4, -0.2) is 52.1 Å². The molecule has 1 aliphatic rings. The van der Waals surface area contributed by atoms with Crippen molar-refractivity contribution in [2.45, 2.75) is 25.7 Å². The zero-order valence-corrected chi connectivity index (χ0v) is 20.3. The predicted octanol–water partition coefficient (Wildman–Crippen LogP) is 4.57. The molecule has 1 saturated heterocycles. The summed E-state index contributed by atoms with van der Waals surface area (Å²) in [5, 5.41) is 10.5. The number of benzene rings is 2. The molecule has 0 saturated carbocycles. The van der Waals surface area contributed by atoms with Crippen LogP contribution >= 0.6 is 22.9 Å². The van der Waals surface area contributed by atoms with Crippen molar-refractivity contribution in [3.63, 3.8) is 0 Å². The van der Waals surface area contributed by atoms with Crippen molar-refractivity contribution < 1.29 is 14.6 Å². The molecule has 1 aliphatic heterocycles. The van der Waals surface area contributed by atoms with Gasteiger partial charge in [-0.1, -0.05) is 23.7 Å². The summed E-state index contributed by atoms with van der Waals surface area (Å²) in [4.78, 5) is 20.9. The molecule has 2 aromatic carbocycles. The van der Waals surface area contributed by atoms with Gasteiger partial charge in [-0.15, -0.1) is 11.3 Å². The van der Waals surface area contributed by atoms with E-state index in [1.165, 1.54) is 22.2 Å². The number of aliphatic hydroxyl groups is 1. The van der Waals surface area contributed by atoms with Crippen molar-refractivity contribution in [1.29, 1.82) is 0 Å². The van der Waals surface area contributed by atoms with Crippen LogP contribution in [0.3, 0.4) is 0 Å². The first-order valence-corrected chi connectivity index (χ1v) is 12.2. The van der Waals surface area contributed by atoms with E-state index >= 15 is 0 Å². The number of hydrogen-bond acceptors (Lipinski definition) is 7. The van der Waals surface area contributed by atoms with E-state index in [-0.39, 0.29) is 17.9 Å². The molecule has 4 aromatic rings. The van der Waals surface area contributed by atoms with E-state index in [1.54, 1.807) is 19.2 Å². The second-order valence-corrected chi connectivity index (χ2v) is 9.73. The fraction of sp³-hybridized carbons (Fsp3) is 0.280. The topological polar surface area (TPSA) is 76.8 Å². The van der Waals surface area contributed by atoms with Crippen LogP contribution in [0.1, 0.15) is 13.3 Å². The van der Waals surface area contributed by atoms with Crippen LogP contribution in [0, 0.1) is 0 Å². The number of β-amino-alcohol motifs (C(OH)–C–C–N with tert-alkyl or cyclic N) is 1. The lowest BCUT2D eigenvalue weighted by Crippen LogP contribution is -2.36. The van der Waals surface area contributed by atoms with Gasteiger partial charge in [0.25, 0.3) is 5.56 Å². The average Bonchev–Trinajstić information content (AvgIpc) is 3.47. The van der Waals surface area contributed by atoms with Gasteiger partial charge in [0, 0.05) is 29.1 Å². The van der Waals surface area contributed by atoms with Gasteiger partial charge in [0.2, 0.25) is 0 Å². The van der Waals surface area contributed by atoms with Gasteiger partial charge in [0.05, 0.1) is 24.4 Å². The SMILES string of the molecule is COc1cc(-n2cnc3cc(-c4ccc(Cl)cc4)sc3c2=O)ccc1OC(C)N1CC[C@@H](O)C1. The van der Waals surface area contributed by atoms with E-state index in [0.29, 0.717) is 39.0 Å². The summed E-state index contributed by atoms with van der Waals surface area (Å²) in [5.74, 6) is 1.09. The van der Waals surface area contributed by atoms with Crippen LogP contribution in [0.25, 0.3) is 26.3 Å². The van der Waals surface area contributed by atoms with E-state index in [1.807, 2.05) is 43.3 Å². The Balaban J connectivity index is 1.45. The van der Waals surface area contributed by atoms with Crippen LogP contribution in [0.4, 0.5) is 0 Å². The molecule has 7 nitrogen and oxygen atoms in total. The number of fused-ring (bicyclic) bond motifs is 1. The molecule has 0 aliphatic carbocycles. The van der Waals surface area contributed by atoms with Crippen molar-refractivity contribution in [3.8, 4) is 27.6 Å². The number of aliphatic hydroxyl groups excluding tert-OH is 1. The highest BCUT2D eigenvalue weighted by Crippen LogP contribution is 2.33. The van der Waals surface area contributed by atoms with Gasteiger partial charge in [0.1, 0.15) is 17.3 Å². The Morgan fingerprint density at radius 1 is 1.18 bits per heavy atom. The molecule has 1 fully saturated rings. The quantitative estimate of drug-likeness (QED) is 0.420. The molecule has 0 spiro atoms. The molecule has 0 radical (unpaired) electrons. The third-order valence-corrected chi connectivity index (χ3v) is 7.41. The summed E-state index contributed by atoms with van der Waals surface area (Å²) in [6.07, 6.45) is 1.74. The van der Waals surface area contributed by atoms with Crippen molar-refractivity contribution in [2.75, 3.05) is 20.2 Å². The first-order valence-electron chi connectivity index (χ1n) is 11.0. The van der Waals surface area contributed by atoms with E-state index in [4.69, 9.17) is 21.1 Å². The molecule has 5 rings (SSSR count). The van der Waals surface area contributed by atoms with Gasteiger partial charge in [-0.05, 0) is 49.2 Å². The number of thiophene rings is 1. The lowest BCUT2D eigenvalue weighted by Gasteiger charge is -2.25. The van der Waals surface area contributed by atoms with Crippen LogP contribution in [0.2, 0.25) is 5.02 Å². The summed E-state index contributed by atoms with van der Waals surface area (Å²) in [7, 11) is 1.57. The van der Waals surface area contributed by atoms with Gasteiger partial charge < -0.3 is 14.6 Å². The van der Waals surface area contributed by atoms with Gasteiger partial charge >= 0.3 is 0 Å². The Labute approximate surface area is 205 Å². The van der Waals surface area contributed by atoms with Crippen molar-refractivity contribution in [2.24, 2.45) is 0 Å². The number of ether oxygens (including phenoxy) is 2. The van der Waals surface area contributed by atoms with E-state index in [2.05, 4.69) is 9.88 Å². The van der Waals surface area contributed by atoms with Gasteiger partial charge in [0.15, 0.2) is 11.5 Å². The van der Waals surface area contributed by atoms with Crippen LogP contribution < -0.4 is 15.0 Å². The second kappa shape index (κ2) is 9.38. The third-order valence-electron chi connectivity index (χ3n) is 6.00. The number of rotatable bonds is 6. The van der Waals surface area contributed by atoms with Crippen molar-refractivity contribution in [1.82, 2.24) is 14.5 Å². The molecule has 1 N–H and O–H groups in total. The van der Waals surface area contributed by atoms with Gasteiger partial charge in [-0.2, -0.15) is 0 Å². The highest BCUT2D eigenvalue weighted by Gasteiger charge is 2.26. The van der Waals surface area contributed by atoms with E-state index in [0.717, 1.165) is 23.4 Å². The molecule has 2 atom stereocenters. The largest absolute Gasteiger partial charge is 0.493 e. The fourth-order valence-corrected chi connectivity index (χ4v) is 5.29. The maximum atomic E-state index is 13.3. The minimum Gasteiger partial charge on any atom is -0.493 e. The smallest absolute Gasteiger partial charge is 0.275 e. The molecule has 2 aromatic heterocycles. The molecule has 34 heavy (non-hydrogen) atoms. The minimum atomic E-state index is -0.318. The standard InChI is InChI=1S/C25H24ClN3O4S/c1-15(28-10-9-19(30)13-28)33-21-8-7-18(11-22(21)32-2)29-14-27-20-12-23(34-24(20)25(29)31)16-3-5-17(26)6-4-16/h3-8,11-12,14-15,19,30H,9-10,13H2,1-2H3/t15?,19-/m1/s1. The zero-order chi connectivity index (χ0) is 23.8. The molecular formula is C25H24ClN3O4S. The highest BCUT2D eigenvalue weighted by atomic mass is 35.5. The molecule has 1 unspecified atom stereocenters. The number of methoxy groups -OCH3 is 1. The minimum absolute atomic E-state index is 0.148. The van der Waals surface area contributed by atoms with E-state index < -0.39 is 0 Å². The summed E-state index contributed by atoms with van der Waals surface area (Å²) < 4.78 is 13.7. The normalized spacial score (nSPS) is 17.2. The molecular weight excluding hydrogens is 474 g/mol. The molecule has 0 amide bonds. The maximum Gasteiger partial charge on any atom is 0.275 e. The lowest BCUT2D eigenvalue weighted by molar-refractivity contribution is 0.0453. The van der Waals surface area contributed by atoms with Crippen LogP contribution in [-0.2, 0) is 0 Å². The number of nitrogens with zero attached hydrogens (tertiary/aromatic N) is 3. The number of aromatic nitrogens is 2. The van der Waals surface area contributed by atoms with Crippen LogP contribution in [0.5, 0.6) is 11.5 Å². The van der Waals surface area contributed by atoms with Crippen molar-refractivity contribution >= 4 is 33.2 Å². The summed E-state index contributed by atoms with van der Waals surface area (Å²) in [6.45, 7) is 3.31. The average molecular weight is 498 g/mol. The Morgan fingerprint density at radius 3 is 2.68 bits per heavy atom. The van der Waals surface area contributed by atoms with Gasteiger partial charge in [-0.25, -0.2) is 4.98 Å². The van der Waals surface area contributed by atoms with E-state index in [9.17, 15) is 9.90 Å². The number of hydrogen-bond donors (Lipinski definition) is 1. The molecule has 3 heterocycles. The Kier molecular flexibility index (Phi) is 6.31. The summed E-state index contributed by atoms with van der Waals surface area (Å²) in [6, 6.07) is 14.8. The van der Waals surface area contributed by atoms with Crippen LogP contribution in [0.15, 0.2) is 59.7 Å². The first kappa shape index (κ1) is 22.9. The Bertz CT molecular complexity index is 1390. The number of likely N-dealkylation sites (tertiary alicyclic amines) is 1. The second-order valence-electron chi connectivity index (χ2n) is 8.24. The lowest BCUT2D eigenvalue weighted by atomic mass is 10.2. The Hall–Kier alpha value is -2.91.